The summed E-state index contributed by atoms with van der Waals surface area (Å²) in [6.07, 6.45) is 0. The van der Waals surface area contributed by atoms with Crippen LogP contribution in [0.25, 0.3) is 0 Å². The zero-order valence-electron chi connectivity index (χ0n) is 12.8. The standard InChI is InChI=1S/C17H9Cl2FN2O4/c18-11-7-10(5-6-12(11)20)22-15(23)13(19)14(16(22)24)21-9-3-1-8(2-4-9)17(25)26/h1-7,21H,(H,25,26). The Hall–Kier alpha value is -2.90. The number of imide groups is 1. The third kappa shape index (κ3) is 3.14. The average Bonchev–Trinajstić information content (AvgIpc) is 2.81. The third-order valence-electron chi connectivity index (χ3n) is 3.59. The molecule has 0 radical (unpaired) electrons. The van der Waals surface area contributed by atoms with Crippen molar-refractivity contribution in [1.82, 2.24) is 0 Å². The van der Waals surface area contributed by atoms with E-state index < -0.39 is 23.6 Å². The number of amides is 2. The molecule has 2 aromatic rings. The number of hydrogen-bond donors (Lipinski definition) is 2. The molecular weight excluding hydrogens is 386 g/mol. The number of carboxylic acids is 1. The van der Waals surface area contributed by atoms with Crippen molar-refractivity contribution in [3.8, 4) is 0 Å². The Morgan fingerprint density at radius 1 is 1.04 bits per heavy atom. The molecule has 0 fully saturated rings. The smallest absolute Gasteiger partial charge is 0.335 e. The summed E-state index contributed by atoms with van der Waals surface area (Å²) in [6, 6.07) is 8.91. The highest BCUT2D eigenvalue weighted by Gasteiger charge is 2.39. The number of rotatable bonds is 4. The maximum Gasteiger partial charge on any atom is 0.335 e. The molecule has 6 nitrogen and oxygen atoms in total. The van der Waals surface area contributed by atoms with Crippen LogP contribution in [0.1, 0.15) is 10.4 Å². The molecule has 0 bridgehead atoms. The van der Waals surface area contributed by atoms with Gasteiger partial charge >= 0.3 is 5.97 Å². The van der Waals surface area contributed by atoms with Gasteiger partial charge in [0.25, 0.3) is 11.8 Å². The Morgan fingerprint density at radius 3 is 2.27 bits per heavy atom. The van der Waals surface area contributed by atoms with E-state index in [1.807, 2.05) is 0 Å². The molecule has 132 valence electrons. The second kappa shape index (κ2) is 6.78. The van der Waals surface area contributed by atoms with Crippen LogP contribution in [0, 0.1) is 5.82 Å². The van der Waals surface area contributed by atoms with Crippen molar-refractivity contribution in [2.45, 2.75) is 0 Å². The molecule has 2 amide bonds. The van der Waals surface area contributed by atoms with E-state index in [0.29, 0.717) is 5.69 Å². The van der Waals surface area contributed by atoms with Crippen molar-refractivity contribution in [1.29, 1.82) is 0 Å². The molecule has 26 heavy (non-hydrogen) atoms. The molecule has 0 saturated heterocycles. The van der Waals surface area contributed by atoms with E-state index in [2.05, 4.69) is 5.32 Å². The number of benzene rings is 2. The summed E-state index contributed by atoms with van der Waals surface area (Å²) >= 11 is 11.7. The summed E-state index contributed by atoms with van der Waals surface area (Å²) in [6.45, 7) is 0. The fraction of sp³-hybridized carbons (Fsp3) is 0. The number of carbonyl (C=O) groups is 3. The third-order valence-corrected chi connectivity index (χ3v) is 4.23. The Labute approximate surface area is 156 Å². The number of halogens is 3. The highest BCUT2D eigenvalue weighted by molar-refractivity contribution is 6.53. The quantitative estimate of drug-likeness (QED) is 0.773. The topological polar surface area (TPSA) is 86.7 Å². The van der Waals surface area contributed by atoms with Crippen LogP contribution in [0.15, 0.2) is 53.2 Å². The first-order valence-corrected chi connectivity index (χ1v) is 7.89. The molecule has 9 heteroatoms. The average molecular weight is 395 g/mol. The molecule has 0 unspecified atom stereocenters. The summed E-state index contributed by atoms with van der Waals surface area (Å²) in [5, 5.41) is 11.0. The van der Waals surface area contributed by atoms with Crippen LogP contribution in [0.5, 0.6) is 0 Å². The number of carboxylic acid groups (broad SMARTS) is 1. The molecule has 1 aliphatic heterocycles. The molecule has 0 saturated carbocycles. The van der Waals surface area contributed by atoms with Gasteiger partial charge in [0.1, 0.15) is 16.5 Å². The van der Waals surface area contributed by atoms with Gasteiger partial charge < -0.3 is 10.4 Å². The van der Waals surface area contributed by atoms with Crippen LogP contribution in [0.2, 0.25) is 5.02 Å². The highest BCUT2D eigenvalue weighted by atomic mass is 35.5. The Kier molecular flexibility index (Phi) is 4.67. The fourth-order valence-corrected chi connectivity index (χ4v) is 2.70. The second-order valence-corrected chi connectivity index (χ2v) is 6.03. The molecule has 0 aliphatic carbocycles. The van der Waals surface area contributed by atoms with E-state index in [4.69, 9.17) is 28.3 Å². The molecule has 2 aromatic carbocycles. The fourth-order valence-electron chi connectivity index (χ4n) is 2.31. The summed E-state index contributed by atoms with van der Waals surface area (Å²) in [4.78, 5) is 36.5. The number of aromatic carboxylic acids is 1. The first-order chi connectivity index (χ1) is 12.3. The lowest BCUT2D eigenvalue weighted by molar-refractivity contribution is -0.120. The second-order valence-electron chi connectivity index (χ2n) is 5.24. The van der Waals surface area contributed by atoms with Crippen LogP contribution in [0.4, 0.5) is 15.8 Å². The van der Waals surface area contributed by atoms with E-state index >= 15 is 0 Å². The molecule has 1 heterocycles. The maximum atomic E-state index is 13.3. The first-order valence-electron chi connectivity index (χ1n) is 7.13. The molecule has 0 aromatic heterocycles. The van der Waals surface area contributed by atoms with Gasteiger partial charge in [-0.25, -0.2) is 14.1 Å². The minimum Gasteiger partial charge on any atom is -0.478 e. The summed E-state index contributed by atoms with van der Waals surface area (Å²) in [5.41, 5.74) is 0.318. The van der Waals surface area contributed by atoms with Gasteiger partial charge in [-0.05, 0) is 42.5 Å². The van der Waals surface area contributed by atoms with Crippen molar-refractivity contribution in [2.24, 2.45) is 0 Å². The molecular formula is C17H9Cl2FN2O4. The molecule has 3 rings (SSSR count). The lowest BCUT2D eigenvalue weighted by atomic mass is 10.2. The van der Waals surface area contributed by atoms with Crippen LogP contribution in [-0.2, 0) is 9.59 Å². The van der Waals surface area contributed by atoms with Gasteiger partial charge in [-0.2, -0.15) is 0 Å². The zero-order chi connectivity index (χ0) is 19.0. The lowest BCUT2D eigenvalue weighted by Crippen LogP contribution is -2.32. The van der Waals surface area contributed by atoms with Crippen LogP contribution in [-0.4, -0.2) is 22.9 Å². The predicted octanol–water partition coefficient (Wildman–Crippen LogP) is 3.61. The lowest BCUT2D eigenvalue weighted by Gasteiger charge is -2.15. The largest absolute Gasteiger partial charge is 0.478 e. The molecule has 0 atom stereocenters. The minimum atomic E-state index is -1.10. The SMILES string of the molecule is O=C(O)c1ccc(NC2=C(Cl)C(=O)N(c3ccc(F)c(Cl)c3)C2=O)cc1. The molecule has 0 spiro atoms. The summed E-state index contributed by atoms with van der Waals surface area (Å²) in [5.74, 6) is -3.32. The van der Waals surface area contributed by atoms with Crippen LogP contribution < -0.4 is 10.2 Å². The first kappa shape index (κ1) is 17.9. The summed E-state index contributed by atoms with van der Waals surface area (Å²) in [7, 11) is 0. The van der Waals surface area contributed by atoms with E-state index in [1.165, 1.54) is 30.3 Å². The predicted molar refractivity (Wildman–Crippen MR) is 93.8 cm³/mol. The number of carbonyl (C=O) groups excluding carboxylic acids is 2. The minimum absolute atomic E-state index is 0.0621. The van der Waals surface area contributed by atoms with Crippen molar-refractivity contribution >= 4 is 52.4 Å². The Balaban J connectivity index is 1.88. The van der Waals surface area contributed by atoms with E-state index in [-0.39, 0.29) is 27.0 Å². The van der Waals surface area contributed by atoms with Crippen LogP contribution >= 0.6 is 23.2 Å². The van der Waals surface area contributed by atoms with Crippen molar-refractivity contribution in [3.05, 3.63) is 69.6 Å². The summed E-state index contributed by atoms with van der Waals surface area (Å²) < 4.78 is 13.3. The van der Waals surface area contributed by atoms with E-state index in [9.17, 15) is 18.8 Å². The number of anilines is 2. The van der Waals surface area contributed by atoms with E-state index in [1.54, 1.807) is 0 Å². The van der Waals surface area contributed by atoms with Crippen molar-refractivity contribution < 1.29 is 23.9 Å². The normalized spacial score (nSPS) is 14.2. The van der Waals surface area contributed by atoms with Gasteiger partial charge in [-0.1, -0.05) is 23.2 Å². The Bertz CT molecular complexity index is 973. The number of nitrogens with zero attached hydrogens (tertiary/aromatic N) is 1. The van der Waals surface area contributed by atoms with Gasteiger partial charge in [-0.3, -0.25) is 9.59 Å². The monoisotopic (exact) mass is 394 g/mol. The highest BCUT2D eigenvalue weighted by Crippen LogP contribution is 2.32. The Morgan fingerprint density at radius 2 is 1.69 bits per heavy atom. The maximum absolute atomic E-state index is 13.3. The van der Waals surface area contributed by atoms with Gasteiger partial charge in [-0.15, -0.1) is 0 Å². The molecule has 2 N–H and O–H groups in total. The van der Waals surface area contributed by atoms with Gasteiger partial charge in [0.05, 0.1) is 16.3 Å². The number of hydrogen-bond acceptors (Lipinski definition) is 4. The van der Waals surface area contributed by atoms with Gasteiger partial charge in [0.2, 0.25) is 0 Å². The van der Waals surface area contributed by atoms with Gasteiger partial charge in [0.15, 0.2) is 0 Å². The van der Waals surface area contributed by atoms with E-state index in [0.717, 1.165) is 17.0 Å². The van der Waals surface area contributed by atoms with Crippen molar-refractivity contribution in [2.75, 3.05) is 10.2 Å². The van der Waals surface area contributed by atoms with Gasteiger partial charge in [0, 0.05) is 5.69 Å². The number of nitrogens with one attached hydrogen (secondary N) is 1. The molecule has 1 aliphatic rings. The zero-order valence-corrected chi connectivity index (χ0v) is 14.3. The van der Waals surface area contributed by atoms with Crippen molar-refractivity contribution in [3.63, 3.8) is 0 Å². The van der Waals surface area contributed by atoms with Crippen LogP contribution in [0.3, 0.4) is 0 Å².